The summed E-state index contributed by atoms with van der Waals surface area (Å²) in [6, 6.07) is 7.38. The summed E-state index contributed by atoms with van der Waals surface area (Å²) in [5.41, 5.74) is -5.06. The number of nitrogens with zero attached hydrogens (tertiary/aromatic N) is 3. The molecule has 0 spiro atoms. The quantitative estimate of drug-likeness (QED) is 0.591. The van der Waals surface area contributed by atoms with Gasteiger partial charge in [0.2, 0.25) is 10.0 Å². The molecule has 2 N–H and O–H groups in total. The molecule has 33 heavy (non-hydrogen) atoms. The second-order valence-electron chi connectivity index (χ2n) is 7.20. The lowest BCUT2D eigenvalue weighted by Gasteiger charge is -2.26. The van der Waals surface area contributed by atoms with E-state index in [1.807, 2.05) is 0 Å². The van der Waals surface area contributed by atoms with Crippen molar-refractivity contribution < 1.29 is 40.2 Å². The van der Waals surface area contributed by atoms with E-state index in [1.165, 1.54) is 18.2 Å². The number of rotatable bonds is 5. The van der Waals surface area contributed by atoms with Gasteiger partial charge in [0.05, 0.1) is 11.5 Å². The van der Waals surface area contributed by atoms with Gasteiger partial charge >= 0.3 is 6.18 Å². The molecule has 3 rings (SSSR count). The van der Waals surface area contributed by atoms with E-state index in [4.69, 9.17) is 16.9 Å². The molecule has 15 heteroatoms. The molecule has 2 heterocycles. The van der Waals surface area contributed by atoms with Gasteiger partial charge in [-0.15, -0.1) is 0 Å². The molecule has 9 nitrogen and oxygen atoms in total. The highest BCUT2D eigenvalue weighted by molar-refractivity contribution is 7.92. The smallest absolute Gasteiger partial charge is 0.393 e. The predicted molar refractivity (Wildman–Crippen MR) is 107 cm³/mol. The first-order valence-electron chi connectivity index (χ1n) is 8.98. The zero-order valence-corrected chi connectivity index (χ0v) is 18.7. The fourth-order valence-electron chi connectivity index (χ4n) is 3.40. The van der Waals surface area contributed by atoms with Crippen LogP contribution in [0.4, 0.5) is 13.2 Å². The molecule has 0 amide bonds. The maximum atomic E-state index is 13.5. The summed E-state index contributed by atoms with van der Waals surface area (Å²) in [5, 5.41) is 27.5. The predicted octanol–water partition coefficient (Wildman–Crippen LogP) is 1.20. The summed E-state index contributed by atoms with van der Waals surface area (Å²) < 4.78 is 93.0. The largest absolute Gasteiger partial charge is 0.434 e. The summed E-state index contributed by atoms with van der Waals surface area (Å²) in [7, 11) is -9.51. The lowest BCUT2D eigenvalue weighted by molar-refractivity contribution is -0.143. The summed E-state index contributed by atoms with van der Waals surface area (Å²) in [4.78, 5) is 1.39. The zero-order valence-electron chi connectivity index (χ0n) is 16.4. The normalized spacial score (nSPS) is 22.3. The maximum absolute atomic E-state index is 13.5. The van der Waals surface area contributed by atoms with Crippen molar-refractivity contribution in [2.24, 2.45) is 0 Å². The first-order valence-corrected chi connectivity index (χ1v) is 12.3. The molecule has 0 unspecified atom stereocenters. The summed E-state index contributed by atoms with van der Waals surface area (Å²) in [6.07, 6.45) is -5.25. The SMILES string of the molecule is N#Cc1ccc(S(=O)(=O)N2C[C@H](S(=O)(=O)c3ccc(Cl)cc3)[C@](O)(CO)C2)c(C(F)(F)F)n1. The molecule has 0 saturated carbocycles. The molecular formula is C18H15ClF3N3O6S2. The van der Waals surface area contributed by atoms with E-state index in [1.54, 1.807) is 0 Å². The van der Waals surface area contributed by atoms with E-state index in [0.717, 1.165) is 18.2 Å². The number of sulfonamides is 1. The minimum Gasteiger partial charge on any atom is -0.393 e. The number of pyridine rings is 1. The molecule has 2 atom stereocenters. The van der Waals surface area contributed by atoms with Gasteiger partial charge in [0.1, 0.15) is 27.5 Å². The highest BCUT2D eigenvalue weighted by Crippen LogP contribution is 2.38. The number of β-amino-alcohol motifs (C(OH)–C–C–N with tert-alkyl or cyclic N) is 1. The zero-order chi connectivity index (χ0) is 24.8. The van der Waals surface area contributed by atoms with E-state index in [0.29, 0.717) is 10.4 Å². The Morgan fingerprint density at radius 3 is 2.30 bits per heavy atom. The second-order valence-corrected chi connectivity index (χ2v) is 11.7. The van der Waals surface area contributed by atoms with Gasteiger partial charge in [0.25, 0.3) is 0 Å². The molecule has 0 radical (unpaired) electrons. The monoisotopic (exact) mass is 525 g/mol. The van der Waals surface area contributed by atoms with Gasteiger partial charge in [-0.25, -0.2) is 21.8 Å². The lowest BCUT2D eigenvalue weighted by Crippen LogP contribution is -2.49. The van der Waals surface area contributed by atoms with E-state index in [9.17, 15) is 40.2 Å². The Kier molecular flexibility index (Phi) is 6.52. The topological polar surface area (TPSA) is 149 Å². The highest BCUT2D eigenvalue weighted by Gasteiger charge is 2.56. The standard InChI is InChI=1S/C18H15ClF3N3O6S2/c19-11-1-4-13(5-2-11)32(28,29)15-8-25(9-17(15,27)10-26)33(30,31)14-6-3-12(7-23)24-16(14)18(20,21)22/h1-6,15,26-27H,8-10H2/t15-,17+/m0/s1. The van der Waals surface area contributed by atoms with Crippen LogP contribution >= 0.6 is 11.6 Å². The Labute approximate surface area is 191 Å². The Hall–Kier alpha value is -2.28. The van der Waals surface area contributed by atoms with Gasteiger partial charge in [-0.3, -0.25) is 0 Å². The lowest BCUT2D eigenvalue weighted by atomic mass is 10.1. The summed E-state index contributed by atoms with van der Waals surface area (Å²) in [6.45, 7) is -3.13. The van der Waals surface area contributed by atoms with Crippen LogP contribution in [0, 0.1) is 11.3 Å². The van der Waals surface area contributed by atoms with Crippen molar-refractivity contribution in [2.45, 2.75) is 26.8 Å². The van der Waals surface area contributed by atoms with Crippen LogP contribution in [0.2, 0.25) is 5.02 Å². The van der Waals surface area contributed by atoms with E-state index in [-0.39, 0.29) is 9.92 Å². The second kappa shape index (κ2) is 8.49. The third-order valence-corrected chi connectivity index (χ3v) is 9.43. The van der Waals surface area contributed by atoms with Crippen LogP contribution in [0.3, 0.4) is 0 Å². The molecule has 1 saturated heterocycles. The Bertz CT molecular complexity index is 1330. The third-order valence-electron chi connectivity index (χ3n) is 5.07. The van der Waals surface area contributed by atoms with Crippen LogP contribution in [0.1, 0.15) is 11.4 Å². The number of hydrogen-bond donors (Lipinski definition) is 2. The number of aromatic nitrogens is 1. The molecule has 1 aliphatic heterocycles. The summed E-state index contributed by atoms with van der Waals surface area (Å²) >= 11 is 5.74. The Balaban J connectivity index is 2.09. The van der Waals surface area contributed by atoms with Crippen LogP contribution in [-0.4, -0.2) is 66.9 Å². The minimum atomic E-state index is -5.25. The Morgan fingerprint density at radius 1 is 1.18 bits per heavy atom. The number of aliphatic hydroxyl groups is 2. The number of aliphatic hydroxyl groups excluding tert-OH is 1. The number of alkyl halides is 3. The first kappa shape index (κ1) is 25.3. The fraction of sp³-hybridized carbons (Fsp3) is 0.333. The van der Waals surface area contributed by atoms with Crippen LogP contribution in [0.15, 0.2) is 46.2 Å². The maximum Gasteiger partial charge on any atom is 0.434 e. The van der Waals surface area contributed by atoms with E-state index >= 15 is 0 Å². The van der Waals surface area contributed by atoms with E-state index in [2.05, 4.69) is 4.98 Å². The van der Waals surface area contributed by atoms with Crippen molar-refractivity contribution in [3.8, 4) is 6.07 Å². The van der Waals surface area contributed by atoms with Gasteiger partial charge in [0.15, 0.2) is 15.5 Å². The van der Waals surface area contributed by atoms with Crippen LogP contribution in [0.25, 0.3) is 0 Å². The van der Waals surface area contributed by atoms with Gasteiger partial charge in [-0.2, -0.15) is 22.7 Å². The molecule has 0 aliphatic carbocycles. The number of sulfone groups is 1. The fourth-order valence-corrected chi connectivity index (χ4v) is 7.23. The molecule has 1 fully saturated rings. The third kappa shape index (κ3) is 4.57. The van der Waals surface area contributed by atoms with Gasteiger partial charge < -0.3 is 10.2 Å². The van der Waals surface area contributed by atoms with Gasteiger partial charge in [0, 0.05) is 18.1 Å². The molecule has 1 aliphatic rings. The molecular weight excluding hydrogens is 511 g/mol. The van der Waals surface area contributed by atoms with Crippen molar-refractivity contribution in [3.63, 3.8) is 0 Å². The van der Waals surface area contributed by atoms with E-state index < -0.39 is 72.9 Å². The van der Waals surface area contributed by atoms with Crippen LogP contribution < -0.4 is 0 Å². The average Bonchev–Trinajstić information content (AvgIpc) is 3.13. The van der Waals surface area contributed by atoms with Gasteiger partial charge in [-0.1, -0.05) is 11.6 Å². The number of nitriles is 1. The summed E-state index contributed by atoms with van der Waals surface area (Å²) in [5.74, 6) is 0. The van der Waals surface area contributed by atoms with Crippen molar-refractivity contribution in [3.05, 3.63) is 52.8 Å². The van der Waals surface area contributed by atoms with Crippen LogP contribution in [-0.2, 0) is 26.0 Å². The molecule has 178 valence electrons. The number of hydrogen-bond acceptors (Lipinski definition) is 8. The van der Waals surface area contributed by atoms with Crippen molar-refractivity contribution in [1.29, 1.82) is 5.26 Å². The highest BCUT2D eigenvalue weighted by atomic mass is 35.5. The Morgan fingerprint density at radius 2 is 1.79 bits per heavy atom. The van der Waals surface area contributed by atoms with Crippen LogP contribution in [0.5, 0.6) is 0 Å². The number of halogens is 4. The van der Waals surface area contributed by atoms with Crippen molar-refractivity contribution >= 4 is 31.5 Å². The minimum absolute atomic E-state index is 0.204. The van der Waals surface area contributed by atoms with Gasteiger partial charge in [-0.05, 0) is 36.4 Å². The first-order chi connectivity index (χ1) is 15.2. The molecule has 1 aromatic carbocycles. The average molecular weight is 526 g/mol. The number of benzene rings is 1. The van der Waals surface area contributed by atoms with Crippen molar-refractivity contribution in [2.75, 3.05) is 19.7 Å². The molecule has 0 bridgehead atoms. The molecule has 1 aromatic heterocycles. The van der Waals surface area contributed by atoms with Crippen molar-refractivity contribution in [1.82, 2.24) is 9.29 Å². The molecule has 2 aromatic rings.